The summed E-state index contributed by atoms with van der Waals surface area (Å²) >= 11 is 0. The summed E-state index contributed by atoms with van der Waals surface area (Å²) in [6, 6.07) is 4.11. The minimum Gasteiger partial charge on any atom is -0.482 e. The van der Waals surface area contributed by atoms with Crippen molar-refractivity contribution < 1.29 is 27.4 Å². The predicted molar refractivity (Wildman–Crippen MR) is 88.1 cm³/mol. The number of carbonyl (C=O) groups is 1. The van der Waals surface area contributed by atoms with Crippen LogP contribution in [0.25, 0.3) is 5.69 Å². The van der Waals surface area contributed by atoms with Gasteiger partial charge in [0.05, 0.1) is 25.0 Å². The van der Waals surface area contributed by atoms with E-state index in [-0.39, 0.29) is 30.4 Å². The Bertz CT molecular complexity index is 1010. The minimum atomic E-state index is -4.80. The van der Waals surface area contributed by atoms with E-state index < -0.39 is 23.4 Å². The zero-order valence-electron chi connectivity index (χ0n) is 13.9. The van der Waals surface area contributed by atoms with Gasteiger partial charge in [0.2, 0.25) is 0 Å². The van der Waals surface area contributed by atoms with Crippen molar-refractivity contribution in [1.82, 2.24) is 9.55 Å². The molecule has 1 aromatic carbocycles. The van der Waals surface area contributed by atoms with E-state index in [4.69, 9.17) is 15.9 Å². The molecule has 0 fully saturated rings. The molecule has 2 heterocycles. The third-order valence-corrected chi connectivity index (χ3v) is 3.75. The number of rotatable bonds is 3. The monoisotopic (exact) mass is 379 g/mol. The second-order valence-electron chi connectivity index (χ2n) is 5.42. The molecular weight excluding hydrogens is 367 g/mol. The number of fused-ring (bicyclic) bond motifs is 1. The van der Waals surface area contributed by atoms with Crippen molar-refractivity contribution in [2.75, 3.05) is 25.2 Å². The maximum absolute atomic E-state index is 12.9. The van der Waals surface area contributed by atoms with Crippen LogP contribution in [0.15, 0.2) is 29.1 Å². The van der Waals surface area contributed by atoms with Gasteiger partial charge in [-0.05, 0) is 18.2 Å². The van der Waals surface area contributed by atoms with Crippen LogP contribution >= 0.6 is 0 Å². The average Bonchev–Trinajstić information content (AvgIpc) is 2.62. The number of terminal acetylenes is 1. The topological polar surface area (TPSA) is 73.7 Å². The van der Waals surface area contributed by atoms with Crippen LogP contribution in [0, 0.1) is 12.3 Å². The third-order valence-electron chi connectivity index (χ3n) is 3.75. The van der Waals surface area contributed by atoms with Gasteiger partial charge in [-0.2, -0.15) is 18.2 Å². The number of anilines is 1. The molecule has 140 valence electrons. The first kappa shape index (κ1) is 18.3. The Hall–Kier alpha value is -3.48. The number of carbonyl (C=O) groups excluding carboxylic acids is 1. The van der Waals surface area contributed by atoms with E-state index in [1.54, 1.807) is 0 Å². The standard InChI is InChI=1S/C17H12F3N3O4/c1-3-6-22-11-7-10(4-5-12(11)27-9-15(22)25)23-14(24)8-13(17(18,19)20)21-16(23)26-2/h1,4-5,7-8H,6,9H2,2H3. The Morgan fingerprint density at radius 1 is 1.33 bits per heavy atom. The Labute approximate surface area is 150 Å². The van der Waals surface area contributed by atoms with Crippen molar-refractivity contribution in [3.8, 4) is 29.8 Å². The number of hydrogen-bond acceptors (Lipinski definition) is 5. The van der Waals surface area contributed by atoms with Crippen LogP contribution < -0.4 is 19.9 Å². The lowest BCUT2D eigenvalue weighted by Gasteiger charge is -2.28. The van der Waals surface area contributed by atoms with E-state index in [2.05, 4.69) is 10.9 Å². The van der Waals surface area contributed by atoms with E-state index in [1.165, 1.54) is 23.1 Å². The molecule has 7 nitrogen and oxygen atoms in total. The van der Waals surface area contributed by atoms with Crippen LogP contribution in [0.5, 0.6) is 11.8 Å². The second-order valence-corrected chi connectivity index (χ2v) is 5.42. The summed E-state index contributed by atoms with van der Waals surface area (Å²) in [4.78, 5) is 28.9. The molecule has 0 unspecified atom stereocenters. The fourth-order valence-corrected chi connectivity index (χ4v) is 2.58. The van der Waals surface area contributed by atoms with E-state index in [9.17, 15) is 22.8 Å². The van der Waals surface area contributed by atoms with Gasteiger partial charge in [0.25, 0.3) is 11.5 Å². The molecule has 10 heteroatoms. The van der Waals surface area contributed by atoms with Gasteiger partial charge in [0.15, 0.2) is 12.3 Å². The van der Waals surface area contributed by atoms with Crippen LogP contribution in [0.4, 0.5) is 18.9 Å². The number of benzene rings is 1. The van der Waals surface area contributed by atoms with E-state index in [0.717, 1.165) is 11.7 Å². The highest BCUT2D eigenvalue weighted by Crippen LogP contribution is 2.34. The Morgan fingerprint density at radius 2 is 2.07 bits per heavy atom. The molecule has 0 atom stereocenters. The zero-order chi connectivity index (χ0) is 19.8. The van der Waals surface area contributed by atoms with Gasteiger partial charge >= 0.3 is 12.2 Å². The molecule has 2 aromatic rings. The lowest BCUT2D eigenvalue weighted by molar-refractivity contribution is -0.141. The molecule has 0 aliphatic carbocycles. The molecule has 3 rings (SSSR count). The molecule has 0 bridgehead atoms. The fraction of sp³-hybridized carbons (Fsp3) is 0.235. The third kappa shape index (κ3) is 3.31. The lowest BCUT2D eigenvalue weighted by Crippen LogP contribution is -2.39. The van der Waals surface area contributed by atoms with Crippen LogP contribution in [-0.4, -0.2) is 35.7 Å². The SMILES string of the molecule is C#CCN1C(=O)COc2ccc(-n3c(OC)nc(C(F)(F)F)cc3=O)cc21. The molecule has 0 N–H and O–H groups in total. The Balaban J connectivity index is 2.17. The Kier molecular flexibility index (Phi) is 4.53. The number of amides is 1. The average molecular weight is 379 g/mol. The van der Waals surface area contributed by atoms with Crippen LogP contribution in [0.2, 0.25) is 0 Å². The fourth-order valence-electron chi connectivity index (χ4n) is 2.58. The van der Waals surface area contributed by atoms with E-state index >= 15 is 0 Å². The van der Waals surface area contributed by atoms with E-state index in [0.29, 0.717) is 11.8 Å². The normalized spacial score (nSPS) is 13.6. The van der Waals surface area contributed by atoms with Crippen LogP contribution in [0.1, 0.15) is 5.69 Å². The first-order chi connectivity index (χ1) is 12.8. The highest BCUT2D eigenvalue weighted by Gasteiger charge is 2.35. The molecule has 27 heavy (non-hydrogen) atoms. The van der Waals surface area contributed by atoms with Crippen LogP contribution in [-0.2, 0) is 11.0 Å². The predicted octanol–water partition coefficient (Wildman–Crippen LogP) is 1.62. The lowest BCUT2D eigenvalue weighted by atomic mass is 10.2. The van der Waals surface area contributed by atoms with Crippen LogP contribution in [0.3, 0.4) is 0 Å². The number of ether oxygens (including phenoxy) is 2. The second kappa shape index (κ2) is 6.68. The van der Waals surface area contributed by atoms with Gasteiger partial charge in [-0.25, -0.2) is 4.57 Å². The van der Waals surface area contributed by atoms with Gasteiger partial charge in [-0.3, -0.25) is 14.5 Å². The molecule has 1 aromatic heterocycles. The number of aromatic nitrogens is 2. The number of nitrogens with zero attached hydrogens (tertiary/aromatic N) is 3. The summed E-state index contributed by atoms with van der Waals surface area (Å²) in [5, 5.41) is 0. The summed E-state index contributed by atoms with van der Waals surface area (Å²) in [6.07, 6.45) is 0.478. The smallest absolute Gasteiger partial charge is 0.433 e. The maximum Gasteiger partial charge on any atom is 0.433 e. The summed E-state index contributed by atoms with van der Waals surface area (Å²) in [7, 11) is 1.09. The number of hydrogen-bond donors (Lipinski definition) is 0. The molecule has 1 aliphatic rings. The number of methoxy groups -OCH3 is 1. The quantitative estimate of drug-likeness (QED) is 0.758. The van der Waals surface area contributed by atoms with Crippen molar-refractivity contribution in [2.24, 2.45) is 0 Å². The first-order valence-electron chi connectivity index (χ1n) is 7.52. The van der Waals surface area contributed by atoms with Gasteiger partial charge < -0.3 is 9.47 Å². The van der Waals surface area contributed by atoms with Gasteiger partial charge in [-0.1, -0.05) is 5.92 Å². The minimum absolute atomic E-state index is 0.0318. The molecule has 0 radical (unpaired) electrons. The number of halogens is 3. The van der Waals surface area contributed by atoms with Crippen molar-refractivity contribution in [3.63, 3.8) is 0 Å². The summed E-state index contributed by atoms with van der Waals surface area (Å²) < 4.78 is 49.7. The van der Waals surface area contributed by atoms with Crippen molar-refractivity contribution in [1.29, 1.82) is 0 Å². The van der Waals surface area contributed by atoms with Gasteiger partial charge in [0.1, 0.15) is 5.75 Å². The molecule has 0 saturated heterocycles. The van der Waals surface area contributed by atoms with Crippen molar-refractivity contribution >= 4 is 11.6 Å². The molecule has 0 spiro atoms. The first-order valence-corrected chi connectivity index (χ1v) is 7.52. The highest BCUT2D eigenvalue weighted by atomic mass is 19.4. The number of alkyl halides is 3. The van der Waals surface area contributed by atoms with Gasteiger partial charge in [0, 0.05) is 6.07 Å². The van der Waals surface area contributed by atoms with E-state index in [1.807, 2.05) is 0 Å². The molecular formula is C17H12F3N3O4. The van der Waals surface area contributed by atoms with Crippen molar-refractivity contribution in [2.45, 2.75) is 6.18 Å². The maximum atomic E-state index is 12.9. The van der Waals surface area contributed by atoms with Gasteiger partial charge in [-0.15, -0.1) is 6.42 Å². The van der Waals surface area contributed by atoms with Crippen molar-refractivity contribution in [3.05, 3.63) is 40.3 Å². The summed E-state index contributed by atoms with van der Waals surface area (Å²) in [5.74, 6) is 2.31. The zero-order valence-corrected chi connectivity index (χ0v) is 13.9. The Morgan fingerprint density at radius 3 is 2.70 bits per heavy atom. The summed E-state index contributed by atoms with van der Waals surface area (Å²) in [5.41, 5.74) is -1.94. The molecule has 1 amide bonds. The largest absolute Gasteiger partial charge is 0.482 e. The summed E-state index contributed by atoms with van der Waals surface area (Å²) in [6.45, 7) is -0.227. The molecule has 1 aliphatic heterocycles. The highest BCUT2D eigenvalue weighted by molar-refractivity contribution is 5.98. The molecule has 0 saturated carbocycles.